The molecule has 0 spiro atoms. The number of hydrogen-bond acceptors (Lipinski definition) is 7. The van der Waals surface area contributed by atoms with Crippen molar-refractivity contribution in [1.29, 1.82) is 0 Å². The average Bonchev–Trinajstić information content (AvgIpc) is 3.30. The molecule has 0 amide bonds. The monoisotopic (exact) mass is 1040 g/mol. The van der Waals surface area contributed by atoms with Crippen LogP contribution in [0.25, 0.3) is 0 Å². The molecule has 0 bridgehead atoms. The van der Waals surface area contributed by atoms with Gasteiger partial charge in [0, 0.05) is 88.1 Å². The standard InChI is InChI=1S/C10H21N.2C9H18FN.3C9H19N.C8H16FN/c1-9(2)11-7-5-10(3,4)6-8-11;1-8(2)11-6-4-9(3,10)5-7-11;1-8(2)11-6-4-5-9(3,10)7-11;1-8(2)10-6-4-9(3)5-7-10;2*1-8(2)10-6-4-5-9(3)7-10;1-7(2)10-5-3-8(9)4-6-10/h9H,5-8H2,1-4H3;2*8H,4-7H2,1-3H3;3*8-9H,4-7H2,1-3H3;7-8H,3-6H2,1-2H3/t;;;;2*9-;/m....10./s1. The average molecular weight is 1040 g/mol. The van der Waals surface area contributed by atoms with E-state index in [4.69, 9.17) is 0 Å². The summed E-state index contributed by atoms with van der Waals surface area (Å²) in [5.41, 5.74) is -1.24. The van der Waals surface area contributed by atoms with Crippen LogP contribution in [0.4, 0.5) is 13.2 Å². The number of halogens is 3. The Hall–Kier alpha value is -0.490. The van der Waals surface area contributed by atoms with Crippen LogP contribution in [0.3, 0.4) is 0 Å². The Balaban J connectivity index is 0.000000426. The third-order valence-corrected chi connectivity index (χ3v) is 17.4. The second-order valence-electron chi connectivity index (χ2n) is 27.7. The molecule has 0 aliphatic carbocycles. The molecule has 438 valence electrons. The fourth-order valence-corrected chi connectivity index (χ4v) is 11.1. The summed E-state index contributed by atoms with van der Waals surface area (Å²) in [4.78, 5) is 17.2. The third-order valence-electron chi connectivity index (χ3n) is 17.4. The molecule has 7 rings (SSSR count). The first-order valence-corrected chi connectivity index (χ1v) is 31.0. The normalized spacial score (nSPS) is 27.7. The Morgan fingerprint density at radius 1 is 0.329 bits per heavy atom. The van der Waals surface area contributed by atoms with Crippen LogP contribution >= 0.6 is 0 Å². The lowest BCUT2D eigenvalue weighted by atomic mass is 9.82. The van der Waals surface area contributed by atoms with E-state index in [1.807, 2.05) is 0 Å². The first kappa shape index (κ1) is 70.5. The molecule has 0 radical (unpaired) electrons. The van der Waals surface area contributed by atoms with E-state index in [1.54, 1.807) is 13.8 Å². The molecule has 7 heterocycles. The minimum absolute atomic E-state index is 0.491. The summed E-state index contributed by atoms with van der Waals surface area (Å²) in [5, 5.41) is 0. The van der Waals surface area contributed by atoms with Crippen molar-refractivity contribution in [2.45, 2.75) is 295 Å². The van der Waals surface area contributed by atoms with Crippen molar-refractivity contribution in [3.05, 3.63) is 0 Å². The summed E-state index contributed by atoms with van der Waals surface area (Å²) >= 11 is 0. The van der Waals surface area contributed by atoms with Gasteiger partial charge in [-0.2, -0.15) is 0 Å². The second-order valence-corrected chi connectivity index (χ2v) is 27.7. The van der Waals surface area contributed by atoms with Gasteiger partial charge in [0.1, 0.15) is 17.5 Å². The van der Waals surface area contributed by atoms with Crippen LogP contribution in [0.15, 0.2) is 0 Å². The quantitative estimate of drug-likeness (QED) is 0.250. The summed E-state index contributed by atoms with van der Waals surface area (Å²) in [6, 6.07) is 4.66. The highest BCUT2D eigenvalue weighted by atomic mass is 19.1. The Labute approximate surface area is 455 Å². The molecule has 0 aromatic heterocycles. The molecule has 0 saturated carbocycles. The van der Waals surface area contributed by atoms with Crippen LogP contribution in [0.1, 0.15) is 235 Å². The van der Waals surface area contributed by atoms with Gasteiger partial charge in [-0.1, -0.05) is 34.6 Å². The highest BCUT2D eigenvalue weighted by molar-refractivity contribution is 4.85. The smallest absolute Gasteiger partial charge is 0.120 e. The molecular weight excluding hydrogens is 912 g/mol. The van der Waals surface area contributed by atoms with E-state index in [0.29, 0.717) is 42.9 Å². The van der Waals surface area contributed by atoms with E-state index < -0.39 is 17.5 Å². The van der Waals surface area contributed by atoms with Gasteiger partial charge in [-0.15, -0.1) is 0 Å². The van der Waals surface area contributed by atoms with Crippen LogP contribution in [-0.4, -0.2) is 186 Å². The lowest BCUT2D eigenvalue weighted by Gasteiger charge is -2.38. The van der Waals surface area contributed by atoms with Crippen molar-refractivity contribution < 1.29 is 13.2 Å². The van der Waals surface area contributed by atoms with Gasteiger partial charge in [0.25, 0.3) is 0 Å². The van der Waals surface area contributed by atoms with Gasteiger partial charge < -0.3 is 29.4 Å². The third kappa shape index (κ3) is 32.2. The number of nitrogens with zero attached hydrogens (tertiary/aromatic N) is 7. The van der Waals surface area contributed by atoms with Crippen molar-refractivity contribution >= 4 is 0 Å². The highest BCUT2D eigenvalue weighted by Crippen LogP contribution is 2.31. The number of alkyl halides is 3. The number of piperidine rings is 7. The summed E-state index contributed by atoms with van der Waals surface area (Å²) in [6.45, 7) is 62.4. The Morgan fingerprint density at radius 3 is 0.945 bits per heavy atom. The minimum Gasteiger partial charge on any atom is -0.301 e. The lowest BCUT2D eigenvalue weighted by molar-refractivity contribution is 0.0435. The Kier molecular flexibility index (Phi) is 34.7. The first-order chi connectivity index (χ1) is 33.8. The molecule has 7 fully saturated rings. The molecule has 3 atom stereocenters. The van der Waals surface area contributed by atoms with Crippen molar-refractivity contribution in [2.75, 3.05) is 91.6 Å². The molecule has 10 heteroatoms. The lowest BCUT2D eigenvalue weighted by Crippen LogP contribution is -2.46. The van der Waals surface area contributed by atoms with Gasteiger partial charge in [0.15, 0.2) is 0 Å². The van der Waals surface area contributed by atoms with Crippen LogP contribution in [-0.2, 0) is 0 Å². The fraction of sp³-hybridized carbons (Fsp3) is 1.00. The predicted molar refractivity (Wildman–Crippen MR) is 317 cm³/mol. The van der Waals surface area contributed by atoms with Gasteiger partial charge in [-0.25, -0.2) is 13.2 Å². The molecule has 0 N–H and O–H groups in total. The zero-order valence-corrected chi connectivity index (χ0v) is 52.9. The van der Waals surface area contributed by atoms with Crippen LogP contribution in [0, 0.1) is 23.2 Å². The number of rotatable bonds is 7. The van der Waals surface area contributed by atoms with Gasteiger partial charge in [-0.3, -0.25) is 4.90 Å². The topological polar surface area (TPSA) is 22.7 Å². The summed E-state index contributed by atoms with van der Waals surface area (Å²) in [7, 11) is 0. The molecule has 7 saturated heterocycles. The maximum atomic E-state index is 13.4. The second kappa shape index (κ2) is 35.9. The molecular formula is C63H130F3N7. The maximum absolute atomic E-state index is 13.4. The predicted octanol–water partition coefficient (Wildman–Crippen LogP) is 15.2. The van der Waals surface area contributed by atoms with Crippen LogP contribution < -0.4 is 0 Å². The van der Waals surface area contributed by atoms with Crippen molar-refractivity contribution in [3.63, 3.8) is 0 Å². The zero-order chi connectivity index (χ0) is 55.7. The SMILES string of the molecule is CC(C)N1CCC(C)(C)CC1.CC(C)N1CCC(C)(F)CC1.CC(C)N1CCC(F)CC1.CC(C)N1CCCC(C)(F)C1.CC(C)N1CCC[C@@H](C)C1.CC(C)N1CCC[C@H](C)C1.CC1CCN(C(C)C)CC1. The van der Waals surface area contributed by atoms with Crippen molar-refractivity contribution in [1.82, 2.24) is 34.3 Å². The minimum atomic E-state index is -0.942. The molecule has 1 unspecified atom stereocenters. The molecule has 7 nitrogen and oxygen atoms in total. The number of hydrogen-bond donors (Lipinski definition) is 0. The van der Waals surface area contributed by atoms with Gasteiger partial charge in [-0.05, 0) is 270 Å². The van der Waals surface area contributed by atoms with E-state index >= 15 is 0 Å². The van der Waals surface area contributed by atoms with Crippen molar-refractivity contribution in [2.24, 2.45) is 23.2 Å². The van der Waals surface area contributed by atoms with Crippen molar-refractivity contribution in [3.8, 4) is 0 Å². The van der Waals surface area contributed by atoms with Gasteiger partial charge >= 0.3 is 0 Å². The Morgan fingerprint density at radius 2 is 0.644 bits per heavy atom. The molecule has 73 heavy (non-hydrogen) atoms. The largest absolute Gasteiger partial charge is 0.301 e. The maximum Gasteiger partial charge on any atom is 0.120 e. The summed E-state index contributed by atoms with van der Waals surface area (Å²) in [6.07, 6.45) is 15.3. The molecule has 0 aromatic rings. The van der Waals surface area contributed by atoms with Crippen LogP contribution in [0.5, 0.6) is 0 Å². The van der Waals surface area contributed by atoms with E-state index in [2.05, 4.69) is 166 Å². The van der Waals surface area contributed by atoms with E-state index in [-0.39, 0.29) is 0 Å². The highest BCUT2D eigenvalue weighted by Gasteiger charge is 2.32. The molecule has 7 aliphatic heterocycles. The van der Waals surface area contributed by atoms with E-state index in [9.17, 15) is 13.2 Å². The summed E-state index contributed by atoms with van der Waals surface area (Å²) in [5.74, 6) is 2.82. The van der Waals surface area contributed by atoms with Crippen LogP contribution in [0.2, 0.25) is 0 Å². The zero-order valence-electron chi connectivity index (χ0n) is 52.9. The summed E-state index contributed by atoms with van der Waals surface area (Å²) < 4.78 is 39.3. The molecule has 0 aromatic carbocycles. The fourth-order valence-electron chi connectivity index (χ4n) is 11.1. The van der Waals surface area contributed by atoms with Gasteiger partial charge in [0.05, 0.1) is 0 Å². The molecule has 7 aliphatic rings. The Bertz CT molecular complexity index is 1230. The first-order valence-electron chi connectivity index (χ1n) is 31.0. The van der Waals surface area contributed by atoms with E-state index in [0.717, 1.165) is 100 Å². The van der Waals surface area contributed by atoms with Gasteiger partial charge in [0.2, 0.25) is 0 Å². The number of likely N-dealkylation sites (tertiary alicyclic amines) is 7. The van der Waals surface area contributed by atoms with E-state index in [1.165, 1.54) is 104 Å².